The highest BCUT2D eigenvalue weighted by atomic mass is 35.5. The molecule has 2 aromatic carbocycles. The molecule has 0 aliphatic heterocycles. The van der Waals surface area contributed by atoms with Gasteiger partial charge in [-0.15, -0.1) is 0 Å². The van der Waals surface area contributed by atoms with Gasteiger partial charge in [-0.1, -0.05) is 34.5 Å². The zero-order valence-corrected chi connectivity index (χ0v) is 15.0. The van der Waals surface area contributed by atoms with Crippen molar-refractivity contribution in [1.29, 1.82) is 0 Å². The topological polar surface area (TPSA) is 99.0 Å². The molecule has 0 aliphatic rings. The van der Waals surface area contributed by atoms with Crippen molar-refractivity contribution in [3.63, 3.8) is 0 Å². The van der Waals surface area contributed by atoms with Crippen LogP contribution in [0.4, 0.5) is 10.8 Å². The number of hydrogen-bond acceptors (Lipinski definition) is 6. The van der Waals surface area contributed by atoms with E-state index < -0.39 is 11.1 Å². The van der Waals surface area contributed by atoms with Crippen molar-refractivity contribution in [2.45, 2.75) is 0 Å². The second kappa shape index (κ2) is 7.12. The third kappa shape index (κ3) is 3.84. The van der Waals surface area contributed by atoms with Crippen LogP contribution in [0.15, 0.2) is 30.3 Å². The summed E-state index contributed by atoms with van der Waals surface area (Å²) >= 11 is 12.9. The molecule has 0 aliphatic carbocycles. The number of nitrogens with one attached hydrogen (secondary N) is 2. The molecular weight excluding hydrogens is 389 g/mol. The van der Waals surface area contributed by atoms with E-state index >= 15 is 0 Å². The van der Waals surface area contributed by atoms with Crippen LogP contribution in [-0.4, -0.2) is 23.2 Å². The maximum atomic E-state index is 12.3. The van der Waals surface area contributed by atoms with Gasteiger partial charge in [-0.05, 0) is 18.2 Å². The number of ether oxygens (including phenoxy) is 1. The predicted octanol–water partition coefficient (Wildman–Crippen LogP) is 3.27. The smallest absolute Gasteiger partial charge is 0.257 e. The molecule has 130 valence electrons. The minimum absolute atomic E-state index is 0.0764. The van der Waals surface area contributed by atoms with E-state index in [0.29, 0.717) is 31.1 Å². The predicted molar refractivity (Wildman–Crippen MR) is 96.4 cm³/mol. The van der Waals surface area contributed by atoms with E-state index in [1.165, 1.54) is 37.4 Å². The summed E-state index contributed by atoms with van der Waals surface area (Å²) in [6, 6.07) is 7.35. The maximum Gasteiger partial charge on any atom is 0.257 e. The van der Waals surface area contributed by atoms with Gasteiger partial charge in [-0.25, -0.2) is 10.2 Å². The number of rotatable bonds is 4. The summed E-state index contributed by atoms with van der Waals surface area (Å²) in [7, 11) is 1.42. The highest BCUT2D eigenvalue weighted by Crippen LogP contribution is 2.34. The van der Waals surface area contributed by atoms with Gasteiger partial charge in [-0.2, -0.15) is 5.23 Å². The number of carbonyl (C=O) groups excluding carboxylic acids is 1. The largest absolute Gasteiger partial charge is 0.595 e. The van der Waals surface area contributed by atoms with Gasteiger partial charge >= 0.3 is 0 Å². The van der Waals surface area contributed by atoms with E-state index in [0.717, 1.165) is 11.3 Å². The number of methoxy groups -OCH3 is 1. The van der Waals surface area contributed by atoms with Gasteiger partial charge in [-0.3, -0.25) is 10.1 Å². The van der Waals surface area contributed by atoms with Crippen LogP contribution >= 0.6 is 34.5 Å². The van der Waals surface area contributed by atoms with Crippen LogP contribution < -0.4 is 15.3 Å². The van der Waals surface area contributed by atoms with E-state index in [1.807, 2.05) is 0 Å². The molecule has 0 radical (unpaired) electrons. The molecule has 7 nitrogen and oxygen atoms in total. The van der Waals surface area contributed by atoms with Crippen molar-refractivity contribution in [2.24, 2.45) is 0 Å². The minimum atomic E-state index is -1.08. The molecule has 1 aromatic heterocycles. The molecule has 1 atom stereocenters. The van der Waals surface area contributed by atoms with Crippen LogP contribution in [-0.2, 0) is 0 Å². The summed E-state index contributed by atoms with van der Waals surface area (Å²) in [6.07, 6.45) is 0. The van der Waals surface area contributed by atoms with Crippen molar-refractivity contribution in [1.82, 2.24) is 4.98 Å². The van der Waals surface area contributed by atoms with E-state index in [2.05, 4.69) is 10.3 Å². The number of quaternary nitrogens is 1. The van der Waals surface area contributed by atoms with E-state index in [1.54, 1.807) is 0 Å². The van der Waals surface area contributed by atoms with Gasteiger partial charge in [0.05, 0.1) is 11.8 Å². The van der Waals surface area contributed by atoms with Gasteiger partial charge in [0, 0.05) is 27.7 Å². The number of hydrogen-bond donors (Lipinski definition) is 3. The summed E-state index contributed by atoms with van der Waals surface area (Å²) in [5.74, 6) is -0.113. The Morgan fingerprint density at radius 1 is 1.28 bits per heavy atom. The van der Waals surface area contributed by atoms with Gasteiger partial charge in [0.15, 0.2) is 16.6 Å². The molecule has 3 rings (SSSR count). The molecule has 1 heterocycles. The second-order valence-electron chi connectivity index (χ2n) is 4.96. The average molecular weight is 400 g/mol. The van der Waals surface area contributed by atoms with Crippen molar-refractivity contribution >= 4 is 61.5 Å². The Labute approximate surface area is 155 Å². The van der Waals surface area contributed by atoms with Crippen LogP contribution in [0.3, 0.4) is 0 Å². The highest BCUT2D eigenvalue weighted by Gasteiger charge is 2.16. The molecule has 0 saturated heterocycles. The molecule has 1 unspecified atom stereocenters. The lowest BCUT2D eigenvalue weighted by molar-refractivity contribution is -0.991. The van der Waals surface area contributed by atoms with Gasteiger partial charge in [0.1, 0.15) is 5.52 Å². The molecule has 10 heteroatoms. The fourth-order valence-electron chi connectivity index (χ4n) is 2.19. The SMILES string of the molecule is COc1cc([NH+]([O-])O)cc2sc(NC(=O)c3cc(Cl)cc(Cl)c3)nc12. The third-order valence-electron chi connectivity index (χ3n) is 3.27. The van der Waals surface area contributed by atoms with Crippen LogP contribution in [0, 0.1) is 5.21 Å². The number of carbonyl (C=O) groups is 1. The summed E-state index contributed by atoms with van der Waals surface area (Å²) in [4.78, 5) is 16.6. The van der Waals surface area contributed by atoms with Gasteiger partial charge < -0.3 is 9.94 Å². The molecule has 0 spiro atoms. The zero-order chi connectivity index (χ0) is 18.1. The molecule has 25 heavy (non-hydrogen) atoms. The fourth-order valence-corrected chi connectivity index (χ4v) is 3.63. The molecule has 0 bridgehead atoms. The Morgan fingerprint density at radius 3 is 2.56 bits per heavy atom. The van der Waals surface area contributed by atoms with Crippen molar-refractivity contribution in [3.05, 3.63) is 51.1 Å². The second-order valence-corrected chi connectivity index (χ2v) is 6.87. The quantitative estimate of drug-likeness (QED) is 0.584. The normalized spacial score (nSPS) is 12.2. The van der Waals surface area contributed by atoms with E-state index in [4.69, 9.17) is 33.1 Å². The van der Waals surface area contributed by atoms with Gasteiger partial charge in [0.2, 0.25) is 0 Å². The first kappa shape index (κ1) is 17.9. The summed E-state index contributed by atoms with van der Waals surface area (Å²) in [5, 5.41) is 22.9. The minimum Gasteiger partial charge on any atom is -0.595 e. The van der Waals surface area contributed by atoms with Crippen molar-refractivity contribution in [2.75, 3.05) is 12.4 Å². The zero-order valence-electron chi connectivity index (χ0n) is 12.7. The van der Waals surface area contributed by atoms with Crippen molar-refractivity contribution < 1.29 is 20.0 Å². The Bertz CT molecular complexity index is 941. The first-order valence-electron chi connectivity index (χ1n) is 6.86. The summed E-state index contributed by atoms with van der Waals surface area (Å²) in [6.45, 7) is 0. The lowest BCUT2D eigenvalue weighted by Crippen LogP contribution is -2.99. The third-order valence-corrected chi connectivity index (χ3v) is 4.63. The Hall–Kier alpha value is -1.94. The lowest BCUT2D eigenvalue weighted by atomic mass is 10.2. The molecule has 3 N–H and O–H groups in total. The maximum absolute atomic E-state index is 12.3. The summed E-state index contributed by atoms with van der Waals surface area (Å²) in [5.41, 5.74) is 0.833. The number of aromatic nitrogens is 1. The van der Waals surface area contributed by atoms with Crippen LogP contribution in [0.1, 0.15) is 10.4 Å². The summed E-state index contributed by atoms with van der Waals surface area (Å²) < 4.78 is 5.77. The molecule has 0 saturated carbocycles. The highest BCUT2D eigenvalue weighted by molar-refractivity contribution is 7.22. The van der Waals surface area contributed by atoms with Crippen molar-refractivity contribution in [3.8, 4) is 5.75 Å². The molecule has 3 aromatic rings. The molecular formula is C15H11Cl2N3O4S. The Balaban J connectivity index is 1.95. The number of amides is 1. The van der Waals surface area contributed by atoms with E-state index in [-0.39, 0.29) is 11.3 Å². The standard InChI is InChI=1S/C15H11Cl2N3O4S/c1-24-11-5-10(20(22)23)6-12-13(11)18-15(25-12)19-14(21)7-2-8(16)4-9(17)3-7/h2-6,20,22H,1H3,(H,18,19,21). The number of anilines is 1. The first-order chi connectivity index (χ1) is 11.9. The number of nitrogens with zero attached hydrogens (tertiary/aromatic N) is 1. The van der Waals surface area contributed by atoms with E-state index in [9.17, 15) is 10.0 Å². The van der Waals surface area contributed by atoms with Gasteiger partial charge in [0.25, 0.3) is 5.91 Å². The number of benzene rings is 2. The van der Waals surface area contributed by atoms with Crippen LogP contribution in [0.2, 0.25) is 10.0 Å². The lowest BCUT2D eigenvalue weighted by Gasteiger charge is -2.12. The average Bonchev–Trinajstić information content (AvgIpc) is 2.95. The Morgan fingerprint density at radius 2 is 1.96 bits per heavy atom. The fraction of sp³-hybridized carbons (Fsp3) is 0.0667. The van der Waals surface area contributed by atoms with Crippen LogP contribution in [0.25, 0.3) is 10.2 Å². The van der Waals surface area contributed by atoms with Crippen LogP contribution in [0.5, 0.6) is 5.75 Å². The number of thiazole rings is 1. The monoisotopic (exact) mass is 399 g/mol. The molecule has 1 amide bonds. The Kier molecular flexibility index (Phi) is 5.09. The molecule has 0 fully saturated rings. The number of fused-ring (bicyclic) bond motifs is 1. The number of halogens is 2. The first-order valence-corrected chi connectivity index (χ1v) is 8.44.